The molecule has 0 saturated heterocycles. The van der Waals surface area contributed by atoms with Gasteiger partial charge in [0.15, 0.2) is 0 Å². The molecule has 1 nitrogen and oxygen atoms in total. The largest absolute Gasteiger partial charge is 0.390 e. The van der Waals surface area contributed by atoms with Gasteiger partial charge in [-0.3, -0.25) is 0 Å². The molecule has 0 aliphatic carbocycles. The van der Waals surface area contributed by atoms with Crippen molar-refractivity contribution in [2.24, 2.45) is 0 Å². The lowest BCUT2D eigenvalue weighted by Crippen LogP contribution is -2.22. The summed E-state index contributed by atoms with van der Waals surface area (Å²) in [6, 6.07) is 0. The SMILES string of the molecule is CCCCCC[N]([AlH2])CCCCCC. The van der Waals surface area contributed by atoms with Crippen LogP contribution in [0.5, 0.6) is 0 Å². The molecule has 14 heavy (non-hydrogen) atoms. The third-order valence-electron chi connectivity index (χ3n) is 2.79. The van der Waals surface area contributed by atoms with Gasteiger partial charge in [-0.05, 0) is 25.9 Å². The van der Waals surface area contributed by atoms with Crippen LogP contribution in [0.1, 0.15) is 65.2 Å². The Labute approximate surface area is 98.9 Å². The molecular formula is C12H28AlN. The van der Waals surface area contributed by atoms with Crippen LogP contribution in [0.4, 0.5) is 0 Å². The first-order valence-electron chi connectivity index (χ1n) is 6.49. The van der Waals surface area contributed by atoms with E-state index in [4.69, 9.17) is 0 Å². The Bertz CT molecular complexity index is 94.5. The molecular weight excluding hydrogens is 185 g/mol. The maximum absolute atomic E-state index is 2.63. The molecule has 0 spiro atoms. The Morgan fingerprint density at radius 2 is 1.14 bits per heavy atom. The van der Waals surface area contributed by atoms with E-state index < -0.39 is 0 Å². The Morgan fingerprint density at radius 3 is 1.50 bits per heavy atom. The average Bonchev–Trinajstić information content (AvgIpc) is 2.19. The van der Waals surface area contributed by atoms with Crippen LogP contribution in [0.25, 0.3) is 0 Å². The van der Waals surface area contributed by atoms with Gasteiger partial charge in [-0.25, -0.2) is 0 Å². The second-order valence-electron chi connectivity index (χ2n) is 4.42. The van der Waals surface area contributed by atoms with Crippen LogP contribution < -0.4 is 0 Å². The van der Waals surface area contributed by atoms with Crippen LogP contribution in [0.2, 0.25) is 0 Å². The zero-order valence-electron chi connectivity index (χ0n) is 10.5. The minimum absolute atomic E-state index is 1.26. The zero-order chi connectivity index (χ0) is 10.6. The van der Waals surface area contributed by atoms with Crippen LogP contribution in [0.3, 0.4) is 0 Å². The minimum Gasteiger partial charge on any atom is -0.390 e. The molecule has 0 aliphatic heterocycles. The monoisotopic (exact) mass is 213 g/mol. The summed E-state index contributed by atoms with van der Waals surface area (Å²) < 4.78 is 2.63. The van der Waals surface area contributed by atoms with E-state index in [0.717, 1.165) is 0 Å². The maximum atomic E-state index is 2.63. The van der Waals surface area contributed by atoms with E-state index in [0.29, 0.717) is 0 Å². The van der Waals surface area contributed by atoms with E-state index >= 15 is 0 Å². The summed E-state index contributed by atoms with van der Waals surface area (Å²) in [6.07, 6.45) is 11.3. The fraction of sp³-hybridized carbons (Fsp3) is 1.00. The van der Waals surface area contributed by atoms with Gasteiger partial charge in [0.1, 0.15) is 0 Å². The van der Waals surface area contributed by atoms with Gasteiger partial charge in [0, 0.05) is 0 Å². The summed E-state index contributed by atoms with van der Waals surface area (Å²) in [7, 11) is 0. The van der Waals surface area contributed by atoms with Gasteiger partial charge in [-0.2, -0.15) is 0 Å². The highest BCUT2D eigenvalue weighted by molar-refractivity contribution is 6.04. The molecule has 0 fully saturated rings. The average molecular weight is 213 g/mol. The molecule has 0 heterocycles. The maximum Gasteiger partial charge on any atom is 0.321 e. The van der Waals surface area contributed by atoms with Crippen molar-refractivity contribution in [3.63, 3.8) is 0 Å². The summed E-state index contributed by atoms with van der Waals surface area (Å²) in [6.45, 7) is 7.28. The van der Waals surface area contributed by atoms with Crippen molar-refractivity contribution in [2.45, 2.75) is 65.2 Å². The molecule has 0 rings (SSSR count). The molecule has 0 N–H and O–H groups in total. The lowest BCUT2D eigenvalue weighted by molar-refractivity contribution is 0.414. The van der Waals surface area contributed by atoms with Crippen molar-refractivity contribution in [3.05, 3.63) is 0 Å². The molecule has 0 unspecified atom stereocenters. The lowest BCUT2D eigenvalue weighted by Gasteiger charge is -2.17. The van der Waals surface area contributed by atoms with E-state index in [1.165, 1.54) is 81.0 Å². The lowest BCUT2D eigenvalue weighted by atomic mass is 10.2. The Hall–Kier alpha value is 0.492. The second kappa shape index (κ2) is 11.6. The van der Waals surface area contributed by atoms with Crippen LogP contribution in [-0.4, -0.2) is 33.5 Å². The smallest absolute Gasteiger partial charge is 0.321 e. The van der Waals surface area contributed by atoms with Gasteiger partial charge < -0.3 is 3.88 Å². The quantitative estimate of drug-likeness (QED) is 0.398. The van der Waals surface area contributed by atoms with Gasteiger partial charge in [-0.15, -0.1) is 0 Å². The third-order valence-corrected chi connectivity index (χ3v) is 3.68. The summed E-state index contributed by atoms with van der Waals surface area (Å²) in [5.74, 6) is 0. The Morgan fingerprint density at radius 1 is 0.714 bits per heavy atom. The van der Waals surface area contributed by atoms with Crippen molar-refractivity contribution in [1.82, 2.24) is 3.88 Å². The summed E-state index contributed by atoms with van der Waals surface area (Å²) in [5, 5.41) is 0. The molecule has 2 heteroatoms. The molecule has 0 amide bonds. The van der Waals surface area contributed by atoms with E-state index in [1.807, 2.05) is 0 Å². The highest BCUT2D eigenvalue weighted by atomic mass is 27.1. The van der Waals surface area contributed by atoms with Crippen LogP contribution >= 0.6 is 0 Å². The van der Waals surface area contributed by atoms with Crippen LogP contribution in [0.15, 0.2) is 0 Å². The third kappa shape index (κ3) is 10.6. The molecule has 0 atom stereocenters. The van der Waals surface area contributed by atoms with Crippen molar-refractivity contribution >= 4 is 16.5 Å². The molecule has 84 valence electrons. The van der Waals surface area contributed by atoms with Crippen molar-refractivity contribution in [3.8, 4) is 0 Å². The molecule has 0 saturated carbocycles. The minimum atomic E-state index is 1.26. The first kappa shape index (κ1) is 14.5. The summed E-state index contributed by atoms with van der Waals surface area (Å²) >= 11 is 1.26. The van der Waals surface area contributed by atoms with Crippen molar-refractivity contribution in [2.75, 3.05) is 13.1 Å². The fourth-order valence-corrected chi connectivity index (χ4v) is 2.36. The highest BCUT2D eigenvalue weighted by Crippen LogP contribution is 2.02. The second-order valence-corrected chi connectivity index (χ2v) is 5.69. The van der Waals surface area contributed by atoms with Gasteiger partial charge in [-0.1, -0.05) is 52.4 Å². The van der Waals surface area contributed by atoms with Gasteiger partial charge in [0.25, 0.3) is 0 Å². The van der Waals surface area contributed by atoms with E-state index in [2.05, 4.69) is 17.7 Å². The number of hydrogen-bond donors (Lipinski definition) is 0. The number of unbranched alkanes of at least 4 members (excludes halogenated alkanes) is 6. The number of rotatable bonds is 10. The molecule has 0 aromatic carbocycles. The van der Waals surface area contributed by atoms with Crippen LogP contribution in [-0.2, 0) is 0 Å². The topological polar surface area (TPSA) is 3.24 Å². The Kier molecular flexibility index (Phi) is 12.0. The standard InChI is InChI=1S/C12H26N.Al.2H/c1-3-5-7-9-11-13-12-10-8-6-4-2;;;/h3-12H2,1-2H3;;;/q-1;+1;;. The predicted octanol–water partition coefficient (Wildman–Crippen LogP) is 3.00. The van der Waals surface area contributed by atoms with E-state index in [9.17, 15) is 0 Å². The molecule has 0 aliphatic rings. The fourth-order valence-electron chi connectivity index (χ4n) is 1.73. The molecule has 0 radical (unpaired) electrons. The molecule has 0 aromatic rings. The van der Waals surface area contributed by atoms with Gasteiger partial charge in [0.05, 0.1) is 0 Å². The van der Waals surface area contributed by atoms with Crippen LogP contribution in [0, 0.1) is 0 Å². The normalized spacial score (nSPS) is 11.1. The Balaban J connectivity index is 3.07. The summed E-state index contributed by atoms with van der Waals surface area (Å²) in [5.41, 5.74) is 0. The first-order chi connectivity index (χ1) is 6.81. The van der Waals surface area contributed by atoms with E-state index in [-0.39, 0.29) is 0 Å². The highest BCUT2D eigenvalue weighted by Gasteiger charge is 1.96. The van der Waals surface area contributed by atoms with Gasteiger partial charge >= 0.3 is 16.5 Å². The van der Waals surface area contributed by atoms with E-state index in [1.54, 1.807) is 0 Å². The van der Waals surface area contributed by atoms with Crippen molar-refractivity contribution in [1.29, 1.82) is 0 Å². The molecule has 0 bridgehead atoms. The number of nitrogens with zero attached hydrogens (tertiary/aromatic N) is 1. The van der Waals surface area contributed by atoms with Gasteiger partial charge in [0.2, 0.25) is 0 Å². The van der Waals surface area contributed by atoms with Crippen molar-refractivity contribution < 1.29 is 0 Å². The summed E-state index contributed by atoms with van der Waals surface area (Å²) in [4.78, 5) is 0. The first-order valence-corrected chi connectivity index (χ1v) is 7.39. The predicted molar refractivity (Wildman–Crippen MR) is 68.4 cm³/mol. The molecule has 0 aromatic heterocycles. The zero-order valence-corrected chi connectivity index (χ0v) is 12.5. The number of hydrogen-bond acceptors (Lipinski definition) is 1.